The number of benzene rings is 1. The molecule has 0 aromatic heterocycles. The van der Waals surface area contributed by atoms with Gasteiger partial charge in [-0.3, -0.25) is 14.5 Å². The molecule has 1 fully saturated rings. The Balaban J connectivity index is 2.22. The third-order valence-corrected chi connectivity index (χ3v) is 5.79. The Hall–Kier alpha value is -2.16. The fourth-order valence-corrected chi connectivity index (χ4v) is 3.81. The molecular weight excluding hydrogens is 404 g/mol. The van der Waals surface area contributed by atoms with Gasteiger partial charge in [-0.1, -0.05) is 26.3 Å². The van der Waals surface area contributed by atoms with E-state index in [4.69, 9.17) is 5.11 Å². The van der Waals surface area contributed by atoms with Gasteiger partial charge in [-0.15, -0.1) is 0 Å². The largest absolute Gasteiger partial charge is 0.481 e. The lowest BCUT2D eigenvalue weighted by molar-refractivity contribution is -0.189. The van der Waals surface area contributed by atoms with Gasteiger partial charge in [0.15, 0.2) is 0 Å². The summed E-state index contributed by atoms with van der Waals surface area (Å²) < 4.78 is 54.6. The molecule has 1 aromatic rings. The number of piperidine rings is 1. The number of rotatable bonds is 8. The number of nitrogens with zero attached hydrogens (tertiary/aromatic N) is 1. The summed E-state index contributed by atoms with van der Waals surface area (Å²) in [5.41, 5.74) is 0.226. The standard InChI is InChI=1S/C21H28F4N2O3/c1-3-14-8-10-27(11-9-14)19(13(2)21(23,24)25)20(30)26-17-12-15(4-6-16(17)22)5-7-18(28)29/h4,6,12-14,19H,3,5,7-11H2,1-2H3,(H,26,30)(H,28,29). The van der Waals surface area contributed by atoms with Crippen molar-refractivity contribution >= 4 is 17.6 Å². The topological polar surface area (TPSA) is 69.6 Å². The van der Waals surface area contributed by atoms with Gasteiger partial charge in [0, 0.05) is 6.42 Å². The molecule has 2 rings (SSSR count). The van der Waals surface area contributed by atoms with Gasteiger partial charge < -0.3 is 10.4 Å². The van der Waals surface area contributed by atoms with Gasteiger partial charge in [0.05, 0.1) is 11.6 Å². The maximum atomic E-state index is 14.2. The fourth-order valence-electron chi connectivity index (χ4n) is 3.81. The van der Waals surface area contributed by atoms with E-state index in [2.05, 4.69) is 5.32 Å². The highest BCUT2D eigenvalue weighted by molar-refractivity contribution is 5.95. The minimum absolute atomic E-state index is 0.116. The number of carboxylic acids is 1. The van der Waals surface area contributed by atoms with Crippen LogP contribution < -0.4 is 5.32 Å². The van der Waals surface area contributed by atoms with Gasteiger partial charge >= 0.3 is 12.1 Å². The number of nitrogens with one attached hydrogen (secondary N) is 1. The summed E-state index contributed by atoms with van der Waals surface area (Å²) in [7, 11) is 0. The van der Waals surface area contributed by atoms with Gasteiger partial charge in [-0.05, 0) is 56.0 Å². The summed E-state index contributed by atoms with van der Waals surface area (Å²) in [5.74, 6) is -4.22. The molecule has 30 heavy (non-hydrogen) atoms. The average Bonchev–Trinajstić information content (AvgIpc) is 2.68. The Labute approximate surface area is 173 Å². The van der Waals surface area contributed by atoms with E-state index in [1.165, 1.54) is 17.0 Å². The maximum Gasteiger partial charge on any atom is 0.393 e. The van der Waals surface area contributed by atoms with Crippen molar-refractivity contribution in [1.82, 2.24) is 4.90 Å². The van der Waals surface area contributed by atoms with Crippen LogP contribution in [0.4, 0.5) is 23.2 Å². The van der Waals surface area contributed by atoms with Crippen LogP contribution in [0.2, 0.25) is 0 Å². The van der Waals surface area contributed by atoms with Crippen molar-refractivity contribution in [2.24, 2.45) is 11.8 Å². The molecule has 2 atom stereocenters. The molecule has 2 N–H and O–H groups in total. The molecule has 1 amide bonds. The first kappa shape index (κ1) is 24.1. The van der Waals surface area contributed by atoms with Crippen molar-refractivity contribution in [2.45, 2.75) is 58.2 Å². The monoisotopic (exact) mass is 432 g/mol. The van der Waals surface area contributed by atoms with Crippen molar-refractivity contribution in [1.29, 1.82) is 0 Å². The Kier molecular flexibility index (Phi) is 8.23. The summed E-state index contributed by atoms with van der Waals surface area (Å²) >= 11 is 0. The Morgan fingerprint density at radius 3 is 2.43 bits per heavy atom. The first-order valence-corrected chi connectivity index (χ1v) is 10.1. The van der Waals surface area contributed by atoms with E-state index in [0.29, 0.717) is 37.4 Å². The second-order valence-corrected chi connectivity index (χ2v) is 7.86. The summed E-state index contributed by atoms with van der Waals surface area (Å²) in [4.78, 5) is 25.1. The van der Waals surface area contributed by atoms with Crippen molar-refractivity contribution in [2.75, 3.05) is 18.4 Å². The number of hydrogen-bond donors (Lipinski definition) is 2. The van der Waals surface area contributed by atoms with Crippen LogP contribution in [0.5, 0.6) is 0 Å². The van der Waals surface area contributed by atoms with Crippen LogP contribution in [0.25, 0.3) is 0 Å². The lowest BCUT2D eigenvalue weighted by Crippen LogP contribution is -2.54. The van der Waals surface area contributed by atoms with E-state index in [-0.39, 0.29) is 18.5 Å². The van der Waals surface area contributed by atoms with Gasteiger partial charge in [0.25, 0.3) is 0 Å². The summed E-state index contributed by atoms with van der Waals surface area (Å²) in [5, 5.41) is 11.1. The third kappa shape index (κ3) is 6.42. The van der Waals surface area contributed by atoms with E-state index in [0.717, 1.165) is 19.4 Å². The Morgan fingerprint density at radius 2 is 1.90 bits per heavy atom. The summed E-state index contributed by atoms with van der Waals surface area (Å²) in [6.07, 6.45) is -2.28. The third-order valence-electron chi connectivity index (χ3n) is 5.79. The van der Waals surface area contributed by atoms with Crippen molar-refractivity contribution in [3.63, 3.8) is 0 Å². The highest BCUT2D eigenvalue weighted by Crippen LogP contribution is 2.34. The average molecular weight is 432 g/mol. The van der Waals surface area contributed by atoms with E-state index in [1.54, 1.807) is 0 Å². The van der Waals surface area contributed by atoms with E-state index < -0.39 is 35.8 Å². The molecule has 1 aliphatic heterocycles. The fraction of sp³-hybridized carbons (Fsp3) is 0.619. The predicted molar refractivity (Wildman–Crippen MR) is 105 cm³/mol. The second-order valence-electron chi connectivity index (χ2n) is 7.86. The minimum atomic E-state index is -4.58. The number of hydrogen-bond acceptors (Lipinski definition) is 3. The Bertz CT molecular complexity index is 746. The lowest BCUT2D eigenvalue weighted by atomic mass is 9.90. The molecule has 0 spiro atoms. The number of halogens is 4. The first-order chi connectivity index (χ1) is 14.0. The summed E-state index contributed by atoms with van der Waals surface area (Å²) in [6.45, 7) is 3.75. The molecule has 0 bridgehead atoms. The van der Waals surface area contributed by atoms with E-state index in [9.17, 15) is 27.2 Å². The predicted octanol–water partition coefficient (Wildman–Crippen LogP) is 4.47. The maximum absolute atomic E-state index is 14.2. The molecule has 9 heteroatoms. The highest BCUT2D eigenvalue weighted by atomic mass is 19.4. The smallest absolute Gasteiger partial charge is 0.393 e. The van der Waals surface area contributed by atoms with Crippen LogP contribution in [-0.4, -0.2) is 47.2 Å². The zero-order valence-electron chi connectivity index (χ0n) is 17.1. The molecule has 1 heterocycles. The normalized spacial score (nSPS) is 18.1. The zero-order valence-corrected chi connectivity index (χ0v) is 17.1. The molecule has 1 aromatic carbocycles. The molecular formula is C21H28F4N2O3. The van der Waals surface area contributed by atoms with Gasteiger partial charge in [0.1, 0.15) is 11.9 Å². The second kappa shape index (κ2) is 10.2. The van der Waals surface area contributed by atoms with Gasteiger partial charge in [0.2, 0.25) is 5.91 Å². The van der Waals surface area contributed by atoms with Crippen molar-refractivity contribution in [3.05, 3.63) is 29.6 Å². The Morgan fingerprint density at radius 1 is 1.27 bits per heavy atom. The molecule has 0 saturated carbocycles. The molecule has 168 valence electrons. The van der Waals surface area contributed by atoms with Gasteiger partial charge in [-0.25, -0.2) is 4.39 Å². The number of carbonyl (C=O) groups excluding carboxylic acids is 1. The molecule has 5 nitrogen and oxygen atoms in total. The van der Waals surface area contributed by atoms with Crippen LogP contribution in [-0.2, 0) is 16.0 Å². The number of aryl methyl sites for hydroxylation is 1. The number of aliphatic carboxylic acids is 1. The van der Waals surface area contributed by atoms with Crippen LogP contribution >= 0.6 is 0 Å². The molecule has 1 saturated heterocycles. The number of likely N-dealkylation sites (tertiary alicyclic amines) is 1. The molecule has 0 aliphatic carbocycles. The molecule has 2 unspecified atom stereocenters. The molecule has 0 radical (unpaired) electrons. The van der Waals surface area contributed by atoms with Crippen LogP contribution in [0.1, 0.15) is 45.1 Å². The summed E-state index contributed by atoms with van der Waals surface area (Å²) in [6, 6.07) is 2.26. The number of carboxylic acid groups (broad SMARTS) is 1. The van der Waals surface area contributed by atoms with Crippen LogP contribution in [0.15, 0.2) is 18.2 Å². The number of anilines is 1. The van der Waals surface area contributed by atoms with Gasteiger partial charge in [-0.2, -0.15) is 13.2 Å². The van der Waals surface area contributed by atoms with E-state index in [1.807, 2.05) is 6.92 Å². The minimum Gasteiger partial charge on any atom is -0.481 e. The zero-order chi connectivity index (χ0) is 22.5. The number of alkyl halides is 3. The van der Waals surface area contributed by atoms with Crippen molar-refractivity contribution in [3.8, 4) is 0 Å². The first-order valence-electron chi connectivity index (χ1n) is 10.1. The SMILES string of the molecule is CCC1CCN(C(C(=O)Nc2cc(CCC(=O)O)ccc2F)C(C)C(F)(F)F)CC1. The quantitative estimate of drug-likeness (QED) is 0.595. The number of carbonyl (C=O) groups is 2. The molecule has 1 aliphatic rings. The van der Waals surface area contributed by atoms with Crippen molar-refractivity contribution < 1.29 is 32.3 Å². The van der Waals surface area contributed by atoms with Crippen LogP contribution in [0, 0.1) is 17.7 Å². The van der Waals surface area contributed by atoms with Crippen LogP contribution in [0.3, 0.4) is 0 Å². The lowest BCUT2D eigenvalue weighted by Gasteiger charge is -2.39. The highest BCUT2D eigenvalue weighted by Gasteiger charge is 2.47. The number of amides is 1. The van der Waals surface area contributed by atoms with E-state index >= 15 is 0 Å².